The van der Waals surface area contributed by atoms with Gasteiger partial charge in [0.1, 0.15) is 17.3 Å². The maximum atomic E-state index is 12.8. The molecule has 2 amide bonds. The lowest BCUT2D eigenvalue weighted by atomic mass is 10.2. The molecule has 150 valence electrons. The second-order valence-electron chi connectivity index (χ2n) is 6.74. The van der Waals surface area contributed by atoms with Crippen LogP contribution in [-0.4, -0.2) is 34.9 Å². The van der Waals surface area contributed by atoms with Crippen LogP contribution in [0.4, 0.5) is 10.9 Å². The Labute approximate surface area is 172 Å². The molecule has 1 aliphatic rings. The van der Waals surface area contributed by atoms with Gasteiger partial charge in [-0.2, -0.15) is 0 Å². The van der Waals surface area contributed by atoms with E-state index in [1.54, 1.807) is 30.5 Å². The highest BCUT2D eigenvalue weighted by molar-refractivity contribution is 7.14. The average Bonchev–Trinajstić information content (AvgIpc) is 3.47. The zero-order chi connectivity index (χ0) is 20.2. The van der Waals surface area contributed by atoms with Crippen molar-refractivity contribution >= 4 is 34.1 Å². The van der Waals surface area contributed by atoms with Gasteiger partial charge in [0.2, 0.25) is 5.91 Å². The van der Waals surface area contributed by atoms with Crippen LogP contribution >= 0.6 is 11.3 Å². The fourth-order valence-corrected chi connectivity index (χ4v) is 3.88. The minimum atomic E-state index is -0.230. The molecule has 9 heteroatoms. The number of nitrogens with one attached hydrogen (secondary N) is 2. The average molecular weight is 411 g/mol. The summed E-state index contributed by atoms with van der Waals surface area (Å²) in [6.07, 6.45) is 3.93. The van der Waals surface area contributed by atoms with Crippen molar-refractivity contribution in [2.45, 2.75) is 26.3 Å². The highest BCUT2D eigenvalue weighted by Gasteiger charge is 2.21. The van der Waals surface area contributed by atoms with Crippen LogP contribution in [0.2, 0.25) is 0 Å². The van der Waals surface area contributed by atoms with Crippen molar-refractivity contribution in [1.82, 2.24) is 15.3 Å². The summed E-state index contributed by atoms with van der Waals surface area (Å²) in [6, 6.07) is 7.14. The molecule has 29 heavy (non-hydrogen) atoms. The number of hydrogen-bond acceptors (Lipinski definition) is 7. The van der Waals surface area contributed by atoms with Gasteiger partial charge in [0, 0.05) is 31.6 Å². The molecule has 0 aliphatic carbocycles. The van der Waals surface area contributed by atoms with Gasteiger partial charge in [0.25, 0.3) is 5.91 Å². The highest BCUT2D eigenvalue weighted by atomic mass is 32.1. The summed E-state index contributed by atoms with van der Waals surface area (Å²) in [5.41, 5.74) is 1.17. The van der Waals surface area contributed by atoms with Crippen LogP contribution in [0.5, 0.6) is 0 Å². The topological polar surface area (TPSA) is 100 Å². The first-order valence-electron chi connectivity index (χ1n) is 9.40. The van der Waals surface area contributed by atoms with Gasteiger partial charge in [-0.15, -0.1) is 11.3 Å². The predicted molar refractivity (Wildman–Crippen MR) is 111 cm³/mol. The van der Waals surface area contributed by atoms with Gasteiger partial charge < -0.3 is 14.6 Å². The Morgan fingerprint density at radius 3 is 2.86 bits per heavy atom. The van der Waals surface area contributed by atoms with Crippen molar-refractivity contribution < 1.29 is 14.0 Å². The van der Waals surface area contributed by atoms with Gasteiger partial charge >= 0.3 is 0 Å². The molecule has 0 unspecified atom stereocenters. The molecule has 0 atom stereocenters. The Bertz CT molecular complexity index is 1020. The first-order valence-corrected chi connectivity index (χ1v) is 10.3. The predicted octanol–water partition coefficient (Wildman–Crippen LogP) is 3.29. The number of rotatable bonds is 6. The molecule has 3 aromatic heterocycles. The number of hydrogen-bond donors (Lipinski definition) is 2. The van der Waals surface area contributed by atoms with E-state index in [4.69, 9.17) is 4.42 Å². The molecule has 1 aliphatic heterocycles. The Kier molecular flexibility index (Phi) is 5.57. The molecule has 4 heterocycles. The van der Waals surface area contributed by atoms with Crippen molar-refractivity contribution in [2.75, 3.05) is 23.3 Å². The first kappa shape index (κ1) is 19.1. The third kappa shape index (κ3) is 4.45. The number of thiazole rings is 1. The van der Waals surface area contributed by atoms with Crippen LogP contribution in [0.1, 0.15) is 35.9 Å². The Hall–Kier alpha value is -3.20. The highest BCUT2D eigenvalue weighted by Crippen LogP contribution is 2.28. The van der Waals surface area contributed by atoms with Crippen molar-refractivity contribution in [3.8, 4) is 11.5 Å². The SMILES string of the molecule is CC(=O)NCc1ccc(-c2csc(NC(=O)c3cccnc3N3CCCC3)n2)o1. The molecule has 4 rings (SSSR count). The first-order chi connectivity index (χ1) is 14.1. The number of carbonyl (C=O) groups is 2. The number of nitrogens with zero attached hydrogens (tertiary/aromatic N) is 3. The van der Waals surface area contributed by atoms with E-state index in [0.29, 0.717) is 40.3 Å². The number of anilines is 2. The van der Waals surface area contributed by atoms with Crippen molar-refractivity contribution in [2.24, 2.45) is 0 Å². The smallest absolute Gasteiger partial charge is 0.261 e. The lowest BCUT2D eigenvalue weighted by Crippen LogP contribution is -2.24. The second-order valence-corrected chi connectivity index (χ2v) is 7.59. The molecular weight excluding hydrogens is 390 g/mol. The third-order valence-electron chi connectivity index (χ3n) is 4.59. The summed E-state index contributed by atoms with van der Waals surface area (Å²) in [7, 11) is 0. The molecule has 1 saturated heterocycles. The fraction of sp³-hybridized carbons (Fsp3) is 0.300. The maximum Gasteiger partial charge on any atom is 0.261 e. The summed E-state index contributed by atoms with van der Waals surface area (Å²) in [5, 5.41) is 7.86. The van der Waals surface area contributed by atoms with E-state index < -0.39 is 0 Å². The van der Waals surface area contributed by atoms with E-state index in [-0.39, 0.29) is 11.8 Å². The van der Waals surface area contributed by atoms with E-state index in [2.05, 4.69) is 25.5 Å². The van der Waals surface area contributed by atoms with Gasteiger partial charge in [-0.3, -0.25) is 14.9 Å². The number of amides is 2. The normalized spacial score (nSPS) is 13.5. The minimum absolute atomic E-state index is 0.120. The van der Waals surface area contributed by atoms with Crippen LogP contribution in [0.3, 0.4) is 0 Å². The van der Waals surface area contributed by atoms with Crippen molar-refractivity contribution in [3.05, 3.63) is 47.2 Å². The summed E-state index contributed by atoms with van der Waals surface area (Å²) in [5.74, 6) is 1.59. The molecule has 8 nitrogen and oxygen atoms in total. The number of pyridine rings is 1. The van der Waals surface area contributed by atoms with Gasteiger partial charge in [-0.1, -0.05) is 0 Å². The van der Waals surface area contributed by atoms with Crippen molar-refractivity contribution in [1.29, 1.82) is 0 Å². The molecular formula is C20H21N5O3S. The minimum Gasteiger partial charge on any atom is -0.458 e. The van der Waals surface area contributed by atoms with Crippen LogP contribution in [0.25, 0.3) is 11.5 Å². The lowest BCUT2D eigenvalue weighted by Gasteiger charge is -2.19. The molecule has 2 N–H and O–H groups in total. The van der Waals surface area contributed by atoms with E-state index in [1.807, 2.05) is 5.38 Å². The summed E-state index contributed by atoms with van der Waals surface area (Å²) < 4.78 is 5.71. The molecule has 1 fully saturated rings. The van der Waals surface area contributed by atoms with Gasteiger partial charge in [0.15, 0.2) is 10.9 Å². The zero-order valence-electron chi connectivity index (χ0n) is 16.0. The molecule has 0 saturated carbocycles. The Morgan fingerprint density at radius 2 is 2.07 bits per heavy atom. The molecule has 3 aromatic rings. The van der Waals surface area contributed by atoms with E-state index in [9.17, 15) is 9.59 Å². The number of aromatic nitrogens is 2. The monoisotopic (exact) mass is 411 g/mol. The van der Waals surface area contributed by atoms with Crippen LogP contribution in [-0.2, 0) is 11.3 Å². The molecule has 0 spiro atoms. The van der Waals surface area contributed by atoms with E-state index in [1.165, 1.54) is 18.3 Å². The standard InChI is InChI=1S/C20H21N5O3S/c1-13(26)22-11-14-6-7-17(28-14)16-12-29-20(23-16)24-19(27)15-5-4-8-21-18(15)25-9-2-3-10-25/h4-8,12H,2-3,9-11H2,1H3,(H,22,26)(H,23,24,27). The Morgan fingerprint density at radius 1 is 1.24 bits per heavy atom. The molecule has 0 aromatic carbocycles. The third-order valence-corrected chi connectivity index (χ3v) is 5.34. The van der Waals surface area contributed by atoms with Gasteiger partial charge in [-0.05, 0) is 37.1 Å². The largest absolute Gasteiger partial charge is 0.458 e. The van der Waals surface area contributed by atoms with Crippen LogP contribution in [0, 0.1) is 0 Å². The fourth-order valence-electron chi connectivity index (χ4n) is 3.19. The van der Waals surface area contributed by atoms with Gasteiger partial charge in [-0.25, -0.2) is 9.97 Å². The quantitative estimate of drug-likeness (QED) is 0.646. The maximum absolute atomic E-state index is 12.8. The number of furan rings is 1. The number of carbonyl (C=O) groups excluding carboxylic acids is 2. The lowest BCUT2D eigenvalue weighted by molar-refractivity contribution is -0.119. The molecule has 0 radical (unpaired) electrons. The molecule has 0 bridgehead atoms. The van der Waals surface area contributed by atoms with Crippen molar-refractivity contribution in [3.63, 3.8) is 0 Å². The zero-order valence-corrected chi connectivity index (χ0v) is 16.8. The van der Waals surface area contributed by atoms with Gasteiger partial charge in [0.05, 0.1) is 12.1 Å². The second kappa shape index (κ2) is 8.44. The van der Waals surface area contributed by atoms with Crippen LogP contribution < -0.4 is 15.5 Å². The summed E-state index contributed by atoms with van der Waals surface area (Å²) >= 11 is 1.33. The van der Waals surface area contributed by atoms with Crippen LogP contribution in [0.15, 0.2) is 40.3 Å². The van der Waals surface area contributed by atoms with E-state index in [0.717, 1.165) is 25.9 Å². The Balaban J connectivity index is 1.46. The summed E-state index contributed by atoms with van der Waals surface area (Å²) in [4.78, 5) is 34.8. The summed E-state index contributed by atoms with van der Waals surface area (Å²) in [6.45, 7) is 3.61. The van der Waals surface area contributed by atoms with E-state index >= 15 is 0 Å².